The molecule has 0 fully saturated rings. The van der Waals surface area contributed by atoms with Crippen LogP contribution in [0.1, 0.15) is 10.5 Å². The van der Waals surface area contributed by atoms with Gasteiger partial charge in [-0.15, -0.1) is 0 Å². The second kappa shape index (κ2) is 5.20. The fourth-order valence-electron chi connectivity index (χ4n) is 1.94. The summed E-state index contributed by atoms with van der Waals surface area (Å²) in [6.45, 7) is -0.189. The van der Waals surface area contributed by atoms with Gasteiger partial charge in [0.25, 0.3) is 11.8 Å². The average molecular weight is 287 g/mol. The van der Waals surface area contributed by atoms with Crippen molar-refractivity contribution >= 4 is 23.2 Å². The van der Waals surface area contributed by atoms with Crippen molar-refractivity contribution in [3.8, 4) is 5.75 Å². The Morgan fingerprint density at radius 2 is 2.24 bits per heavy atom. The number of halogens is 1. The zero-order valence-corrected chi connectivity index (χ0v) is 10.7. The van der Waals surface area contributed by atoms with Crippen LogP contribution in [0, 0.1) is 5.82 Å². The van der Waals surface area contributed by atoms with Gasteiger partial charge in [-0.1, -0.05) is 6.07 Å². The number of ether oxygens (including phenoxy) is 1. The number of benzene rings is 1. The molecule has 3 rings (SSSR count). The van der Waals surface area contributed by atoms with Crippen molar-refractivity contribution in [2.45, 2.75) is 0 Å². The van der Waals surface area contributed by atoms with Gasteiger partial charge in [-0.05, 0) is 12.1 Å². The van der Waals surface area contributed by atoms with E-state index in [2.05, 4.69) is 15.6 Å². The Morgan fingerprint density at radius 1 is 1.38 bits per heavy atom. The van der Waals surface area contributed by atoms with Crippen molar-refractivity contribution < 1.29 is 18.7 Å². The Bertz CT molecular complexity index is 719. The molecular formula is C14H10FN3O3. The Labute approximate surface area is 118 Å². The summed E-state index contributed by atoms with van der Waals surface area (Å²) >= 11 is 0. The summed E-state index contributed by atoms with van der Waals surface area (Å²) in [7, 11) is 0. The normalized spacial score (nSPS) is 12.9. The zero-order valence-electron chi connectivity index (χ0n) is 10.7. The van der Waals surface area contributed by atoms with E-state index in [1.807, 2.05) is 0 Å². The quantitative estimate of drug-likeness (QED) is 0.882. The lowest BCUT2D eigenvalue weighted by Crippen LogP contribution is -2.26. The van der Waals surface area contributed by atoms with Crippen molar-refractivity contribution in [1.82, 2.24) is 4.98 Å². The van der Waals surface area contributed by atoms with Crippen LogP contribution in [0.4, 0.5) is 15.8 Å². The van der Waals surface area contributed by atoms with Gasteiger partial charge in [0.2, 0.25) is 0 Å². The third kappa shape index (κ3) is 2.66. The second-order valence-corrected chi connectivity index (χ2v) is 4.34. The Morgan fingerprint density at radius 3 is 3.00 bits per heavy atom. The molecule has 1 aliphatic heterocycles. The molecule has 0 bridgehead atoms. The summed E-state index contributed by atoms with van der Waals surface area (Å²) in [5.74, 6) is -1.25. The maximum Gasteiger partial charge on any atom is 0.274 e. The molecule has 21 heavy (non-hydrogen) atoms. The van der Waals surface area contributed by atoms with Crippen LogP contribution in [0.15, 0.2) is 36.5 Å². The molecule has 2 aromatic rings. The SMILES string of the molecule is O=C1COc2c(cc(F)cc2NC(=O)c2ccccn2)N1. The van der Waals surface area contributed by atoms with E-state index >= 15 is 0 Å². The highest BCUT2D eigenvalue weighted by Crippen LogP contribution is 2.36. The first kappa shape index (κ1) is 13.0. The number of nitrogens with zero attached hydrogens (tertiary/aromatic N) is 1. The Balaban J connectivity index is 1.92. The minimum absolute atomic E-state index is 0.139. The van der Waals surface area contributed by atoms with Crippen molar-refractivity contribution in [3.05, 3.63) is 48.0 Å². The van der Waals surface area contributed by atoms with Crippen LogP contribution >= 0.6 is 0 Å². The highest BCUT2D eigenvalue weighted by Gasteiger charge is 2.22. The topological polar surface area (TPSA) is 80.3 Å². The van der Waals surface area contributed by atoms with Gasteiger partial charge in [-0.25, -0.2) is 4.39 Å². The van der Waals surface area contributed by atoms with Crippen LogP contribution in [0.5, 0.6) is 5.75 Å². The van der Waals surface area contributed by atoms with Crippen LogP contribution < -0.4 is 15.4 Å². The lowest BCUT2D eigenvalue weighted by atomic mass is 10.2. The first-order valence-electron chi connectivity index (χ1n) is 6.12. The number of hydrogen-bond acceptors (Lipinski definition) is 4. The molecule has 106 valence electrons. The number of carbonyl (C=O) groups excluding carboxylic acids is 2. The molecule has 1 aliphatic rings. The molecule has 0 aliphatic carbocycles. The predicted octanol–water partition coefficient (Wildman–Crippen LogP) is 1.80. The van der Waals surface area contributed by atoms with Crippen molar-refractivity contribution in [1.29, 1.82) is 0 Å². The van der Waals surface area contributed by atoms with E-state index in [9.17, 15) is 14.0 Å². The van der Waals surface area contributed by atoms with Gasteiger partial charge in [0, 0.05) is 18.3 Å². The van der Waals surface area contributed by atoms with Crippen LogP contribution in [0.25, 0.3) is 0 Å². The van der Waals surface area contributed by atoms with E-state index in [0.717, 1.165) is 12.1 Å². The molecular weight excluding hydrogens is 277 g/mol. The highest BCUT2D eigenvalue weighted by molar-refractivity contribution is 6.05. The van der Waals surface area contributed by atoms with Crippen LogP contribution in [-0.4, -0.2) is 23.4 Å². The van der Waals surface area contributed by atoms with Crippen LogP contribution in [0.3, 0.4) is 0 Å². The smallest absolute Gasteiger partial charge is 0.274 e. The summed E-state index contributed by atoms with van der Waals surface area (Å²) in [4.78, 5) is 27.2. The molecule has 0 unspecified atom stereocenters. The molecule has 2 N–H and O–H groups in total. The fourth-order valence-corrected chi connectivity index (χ4v) is 1.94. The van der Waals surface area contributed by atoms with E-state index < -0.39 is 11.7 Å². The van der Waals surface area contributed by atoms with Gasteiger partial charge >= 0.3 is 0 Å². The minimum Gasteiger partial charge on any atom is -0.479 e. The van der Waals surface area contributed by atoms with Gasteiger partial charge in [0.15, 0.2) is 12.4 Å². The van der Waals surface area contributed by atoms with Crippen molar-refractivity contribution in [3.63, 3.8) is 0 Å². The molecule has 0 spiro atoms. The standard InChI is InChI=1S/C14H10FN3O3/c15-8-5-10-13(21-7-12(19)17-10)11(6-8)18-14(20)9-3-1-2-4-16-9/h1-6H,7H2,(H,17,19)(H,18,20). The maximum absolute atomic E-state index is 13.6. The van der Waals surface area contributed by atoms with Gasteiger partial charge in [-0.2, -0.15) is 0 Å². The number of hydrogen-bond donors (Lipinski definition) is 2. The molecule has 0 atom stereocenters. The summed E-state index contributed by atoms with van der Waals surface area (Å²) in [5, 5.41) is 5.01. The highest BCUT2D eigenvalue weighted by atomic mass is 19.1. The fraction of sp³-hybridized carbons (Fsp3) is 0.0714. The molecule has 6 nitrogen and oxygen atoms in total. The number of aromatic nitrogens is 1. The number of pyridine rings is 1. The minimum atomic E-state index is -0.601. The van der Waals surface area contributed by atoms with Crippen molar-refractivity contribution in [2.24, 2.45) is 0 Å². The molecule has 2 heterocycles. The van der Waals surface area contributed by atoms with Gasteiger partial charge in [0.1, 0.15) is 11.5 Å². The Kier molecular flexibility index (Phi) is 3.23. The lowest BCUT2D eigenvalue weighted by molar-refractivity contribution is -0.118. The van der Waals surface area contributed by atoms with Gasteiger partial charge in [-0.3, -0.25) is 14.6 Å². The second-order valence-electron chi connectivity index (χ2n) is 4.34. The summed E-state index contributed by atoms with van der Waals surface area (Å²) < 4.78 is 18.8. The number of fused-ring (bicyclic) bond motifs is 1. The number of amides is 2. The number of anilines is 2. The predicted molar refractivity (Wildman–Crippen MR) is 72.7 cm³/mol. The average Bonchev–Trinajstić information content (AvgIpc) is 2.47. The lowest BCUT2D eigenvalue weighted by Gasteiger charge is -2.21. The van der Waals surface area contributed by atoms with Gasteiger partial charge in [0.05, 0.1) is 11.4 Å². The molecule has 2 amide bonds. The first-order valence-corrected chi connectivity index (χ1v) is 6.12. The van der Waals surface area contributed by atoms with Crippen molar-refractivity contribution in [2.75, 3.05) is 17.2 Å². The summed E-state index contributed by atoms with van der Waals surface area (Å²) in [5.41, 5.74) is 0.513. The van der Waals surface area contributed by atoms with E-state index in [4.69, 9.17) is 4.74 Å². The van der Waals surface area contributed by atoms with Crippen LogP contribution in [0.2, 0.25) is 0 Å². The molecule has 0 saturated heterocycles. The molecule has 0 saturated carbocycles. The first-order chi connectivity index (χ1) is 10.1. The van der Waals surface area contributed by atoms with E-state index in [0.29, 0.717) is 0 Å². The maximum atomic E-state index is 13.6. The van der Waals surface area contributed by atoms with E-state index in [1.165, 1.54) is 12.3 Å². The van der Waals surface area contributed by atoms with Crippen LogP contribution in [-0.2, 0) is 4.79 Å². The Hall–Kier alpha value is -2.96. The largest absolute Gasteiger partial charge is 0.479 e. The summed E-state index contributed by atoms with van der Waals surface area (Å²) in [6, 6.07) is 7.13. The number of carbonyl (C=O) groups is 2. The monoisotopic (exact) mass is 287 g/mol. The van der Waals surface area contributed by atoms with Gasteiger partial charge < -0.3 is 15.4 Å². The zero-order chi connectivity index (χ0) is 14.8. The molecule has 7 heteroatoms. The molecule has 1 aromatic heterocycles. The summed E-state index contributed by atoms with van der Waals surface area (Å²) in [6.07, 6.45) is 1.48. The number of nitrogens with one attached hydrogen (secondary N) is 2. The third-order valence-electron chi connectivity index (χ3n) is 2.82. The third-order valence-corrected chi connectivity index (χ3v) is 2.82. The molecule has 1 aromatic carbocycles. The van der Waals surface area contributed by atoms with E-state index in [1.54, 1.807) is 12.1 Å². The number of rotatable bonds is 2. The molecule has 0 radical (unpaired) electrons. The van der Waals surface area contributed by atoms with E-state index in [-0.39, 0.29) is 35.3 Å².